The summed E-state index contributed by atoms with van der Waals surface area (Å²) in [5.41, 5.74) is -4.85. The molecule has 11 heteroatoms. The van der Waals surface area contributed by atoms with E-state index in [1.807, 2.05) is 12.1 Å². The Morgan fingerprint density at radius 3 is 2.38 bits per heavy atom. The third kappa shape index (κ3) is 3.51. The number of pyridine rings is 1. The van der Waals surface area contributed by atoms with Crippen LogP contribution in [0.25, 0.3) is 0 Å². The first-order valence-electron chi connectivity index (χ1n) is 11.6. The SMILES string of the molecule is O[C@@](Cn1cnnn1)(c1ccc(F)cc1F)C(F)(F)C12CC(c3ccc(Oc4ccccn4)cc3)(C1)C2. The molecule has 0 radical (unpaired) electrons. The second kappa shape index (κ2) is 8.07. The highest BCUT2D eigenvalue weighted by molar-refractivity contribution is 5.45. The molecule has 2 aromatic heterocycles. The number of tetrazole rings is 1. The summed E-state index contributed by atoms with van der Waals surface area (Å²) >= 11 is 0. The lowest BCUT2D eigenvalue weighted by molar-refractivity contribution is -0.347. The first-order valence-corrected chi connectivity index (χ1v) is 11.6. The van der Waals surface area contributed by atoms with Crippen LogP contribution in [0.4, 0.5) is 17.6 Å². The molecule has 2 bridgehead atoms. The Balaban J connectivity index is 1.26. The molecule has 3 saturated carbocycles. The van der Waals surface area contributed by atoms with Crippen molar-refractivity contribution in [2.45, 2.75) is 42.7 Å². The zero-order chi connectivity index (χ0) is 25.9. The number of ether oxygens (including phenoxy) is 1. The molecule has 3 aliphatic carbocycles. The standard InChI is InChI=1S/C26H21F4N5O2/c27-18-6-9-20(21(28)11-18)25(36,15-35-16-32-33-34-35)26(29,30)24-12-23(13-24,14-24)17-4-7-19(8-5-17)37-22-3-1-2-10-31-22/h1-11,16,36H,12-15H2/t23?,24?,25-/m0/s1. The van der Waals surface area contributed by atoms with E-state index in [9.17, 15) is 13.9 Å². The van der Waals surface area contributed by atoms with E-state index in [4.69, 9.17) is 4.74 Å². The van der Waals surface area contributed by atoms with Gasteiger partial charge in [-0.15, -0.1) is 5.10 Å². The smallest absolute Gasteiger partial charge is 0.287 e. The molecule has 0 spiro atoms. The summed E-state index contributed by atoms with van der Waals surface area (Å²) in [5.74, 6) is -4.96. The Morgan fingerprint density at radius 2 is 1.76 bits per heavy atom. The molecule has 4 aromatic rings. The summed E-state index contributed by atoms with van der Waals surface area (Å²) in [5, 5.41) is 21.9. The molecular weight excluding hydrogens is 490 g/mol. The molecule has 1 N–H and O–H groups in total. The lowest BCUT2D eigenvalue weighted by Gasteiger charge is -2.74. The van der Waals surface area contributed by atoms with Crippen molar-refractivity contribution in [2.75, 3.05) is 0 Å². The highest BCUT2D eigenvalue weighted by Gasteiger charge is 2.82. The van der Waals surface area contributed by atoms with E-state index in [2.05, 4.69) is 20.5 Å². The molecule has 7 rings (SSSR count). The fourth-order valence-electron chi connectivity index (χ4n) is 5.94. The van der Waals surface area contributed by atoms with Gasteiger partial charge in [0.2, 0.25) is 5.88 Å². The quantitative estimate of drug-likeness (QED) is 0.343. The van der Waals surface area contributed by atoms with Crippen LogP contribution >= 0.6 is 0 Å². The maximum absolute atomic E-state index is 16.3. The molecule has 0 saturated heterocycles. The second-order valence-electron chi connectivity index (χ2n) is 9.95. The van der Waals surface area contributed by atoms with Crippen LogP contribution in [0.3, 0.4) is 0 Å². The minimum absolute atomic E-state index is 0.105. The minimum Gasteiger partial charge on any atom is -0.439 e. The van der Waals surface area contributed by atoms with E-state index in [0.717, 1.165) is 28.7 Å². The molecule has 2 heterocycles. The molecule has 2 aromatic carbocycles. The number of hydrogen-bond acceptors (Lipinski definition) is 6. The van der Waals surface area contributed by atoms with Gasteiger partial charge >= 0.3 is 0 Å². The van der Waals surface area contributed by atoms with Gasteiger partial charge in [-0.1, -0.05) is 18.2 Å². The Morgan fingerprint density at radius 1 is 1.00 bits per heavy atom. The van der Waals surface area contributed by atoms with Gasteiger partial charge in [-0.2, -0.15) is 0 Å². The van der Waals surface area contributed by atoms with Crippen molar-refractivity contribution >= 4 is 0 Å². The van der Waals surface area contributed by atoms with Gasteiger partial charge in [0.25, 0.3) is 5.92 Å². The number of aliphatic hydroxyl groups is 1. The Labute approximate surface area is 208 Å². The van der Waals surface area contributed by atoms with E-state index < -0.39 is 46.1 Å². The molecule has 7 nitrogen and oxygen atoms in total. The molecule has 3 aliphatic rings. The lowest BCUT2D eigenvalue weighted by atomic mass is 9.30. The predicted octanol–water partition coefficient (Wildman–Crippen LogP) is 4.78. The summed E-state index contributed by atoms with van der Waals surface area (Å²) in [7, 11) is 0. The van der Waals surface area contributed by atoms with Crippen LogP contribution in [-0.4, -0.2) is 36.2 Å². The zero-order valence-corrected chi connectivity index (χ0v) is 19.4. The molecular formula is C26H21F4N5O2. The summed E-state index contributed by atoms with van der Waals surface area (Å²) in [6.07, 6.45) is 2.99. The fraction of sp³-hybridized carbons (Fsp3) is 0.308. The topological polar surface area (TPSA) is 86.0 Å². The fourth-order valence-corrected chi connectivity index (χ4v) is 5.94. The van der Waals surface area contributed by atoms with Crippen LogP contribution in [0.15, 0.2) is 73.2 Å². The van der Waals surface area contributed by atoms with E-state index >= 15 is 8.78 Å². The number of rotatable bonds is 8. The molecule has 0 aliphatic heterocycles. The van der Waals surface area contributed by atoms with Gasteiger partial charge in [0.1, 0.15) is 23.7 Å². The molecule has 1 atom stereocenters. The summed E-state index contributed by atoms with van der Waals surface area (Å²) in [4.78, 5) is 4.11. The van der Waals surface area contributed by atoms with Crippen molar-refractivity contribution in [3.8, 4) is 11.6 Å². The monoisotopic (exact) mass is 511 g/mol. The van der Waals surface area contributed by atoms with E-state index in [1.165, 1.54) is 0 Å². The maximum Gasteiger partial charge on any atom is 0.287 e. The average molecular weight is 511 g/mol. The number of aromatic nitrogens is 5. The normalized spacial score (nSPS) is 24.0. The van der Waals surface area contributed by atoms with E-state index in [0.29, 0.717) is 17.7 Å². The van der Waals surface area contributed by atoms with Gasteiger partial charge in [0.15, 0.2) is 5.60 Å². The number of hydrogen-bond donors (Lipinski definition) is 1. The van der Waals surface area contributed by atoms with Gasteiger partial charge < -0.3 is 9.84 Å². The first kappa shape index (κ1) is 23.5. The first-order chi connectivity index (χ1) is 17.7. The molecule has 0 amide bonds. The van der Waals surface area contributed by atoms with Crippen LogP contribution in [0.2, 0.25) is 0 Å². The van der Waals surface area contributed by atoms with E-state index in [1.54, 1.807) is 36.5 Å². The minimum atomic E-state index is -3.77. The van der Waals surface area contributed by atoms with Crippen LogP contribution in [0.5, 0.6) is 11.6 Å². The number of benzene rings is 2. The van der Waals surface area contributed by atoms with Crippen molar-refractivity contribution in [1.29, 1.82) is 0 Å². The maximum atomic E-state index is 16.3. The van der Waals surface area contributed by atoms with Crippen molar-refractivity contribution in [2.24, 2.45) is 5.41 Å². The zero-order valence-electron chi connectivity index (χ0n) is 19.4. The Bertz CT molecular complexity index is 1410. The van der Waals surface area contributed by atoms with Crippen molar-refractivity contribution in [3.05, 3.63) is 95.9 Å². The number of alkyl halides is 2. The van der Waals surface area contributed by atoms with Crippen molar-refractivity contribution in [3.63, 3.8) is 0 Å². The largest absolute Gasteiger partial charge is 0.439 e. The van der Waals surface area contributed by atoms with Gasteiger partial charge in [-0.05, 0) is 71.0 Å². The van der Waals surface area contributed by atoms with Gasteiger partial charge in [0.05, 0.1) is 6.54 Å². The average Bonchev–Trinajstić information content (AvgIpc) is 3.31. The van der Waals surface area contributed by atoms with Gasteiger partial charge in [-0.3, -0.25) is 0 Å². The van der Waals surface area contributed by atoms with Crippen molar-refractivity contribution in [1.82, 2.24) is 25.2 Å². The Hall–Kier alpha value is -3.86. The van der Waals surface area contributed by atoms with E-state index in [-0.39, 0.29) is 19.3 Å². The lowest BCUT2D eigenvalue weighted by Crippen LogP contribution is -2.76. The summed E-state index contributed by atoms with van der Waals surface area (Å²) < 4.78 is 67.5. The van der Waals surface area contributed by atoms with Crippen LogP contribution in [0, 0.1) is 17.0 Å². The molecule has 37 heavy (non-hydrogen) atoms. The Kier molecular flexibility index (Phi) is 5.13. The second-order valence-corrected chi connectivity index (χ2v) is 9.95. The number of nitrogens with zero attached hydrogens (tertiary/aromatic N) is 5. The molecule has 190 valence electrons. The third-order valence-corrected chi connectivity index (χ3v) is 7.70. The van der Waals surface area contributed by atoms with Gasteiger partial charge in [-0.25, -0.2) is 27.2 Å². The molecule has 0 unspecified atom stereocenters. The summed E-state index contributed by atoms with van der Waals surface area (Å²) in [6, 6.07) is 14.7. The van der Waals surface area contributed by atoms with Crippen molar-refractivity contribution < 1.29 is 27.4 Å². The summed E-state index contributed by atoms with van der Waals surface area (Å²) in [6.45, 7) is -0.802. The van der Waals surface area contributed by atoms with Gasteiger partial charge in [0, 0.05) is 29.3 Å². The van der Waals surface area contributed by atoms with Crippen LogP contribution in [-0.2, 0) is 17.6 Å². The highest BCUT2D eigenvalue weighted by Crippen LogP contribution is 2.80. The third-order valence-electron chi connectivity index (χ3n) is 7.70. The molecule has 3 fully saturated rings. The predicted molar refractivity (Wildman–Crippen MR) is 122 cm³/mol. The van der Waals surface area contributed by atoms with Crippen LogP contribution in [0.1, 0.15) is 30.4 Å². The number of halogens is 4. The van der Waals surface area contributed by atoms with Crippen LogP contribution < -0.4 is 4.74 Å². The highest BCUT2D eigenvalue weighted by atomic mass is 19.3.